The van der Waals surface area contributed by atoms with Crippen molar-refractivity contribution in [3.8, 4) is 0 Å². The van der Waals surface area contributed by atoms with Gasteiger partial charge in [0.05, 0.1) is 12.7 Å². The van der Waals surface area contributed by atoms with E-state index in [4.69, 9.17) is 16.0 Å². The molecule has 0 aliphatic carbocycles. The van der Waals surface area contributed by atoms with E-state index < -0.39 is 10.0 Å². The van der Waals surface area contributed by atoms with E-state index in [0.29, 0.717) is 5.76 Å². The largest absolute Gasteiger partial charge is 0.465 e. The van der Waals surface area contributed by atoms with E-state index in [-0.39, 0.29) is 15.2 Å². The van der Waals surface area contributed by atoms with Crippen LogP contribution < -0.4 is 0 Å². The van der Waals surface area contributed by atoms with Gasteiger partial charge in [0.1, 0.15) is 11.5 Å². The number of nitrogens with zero attached hydrogens (tertiary/aromatic N) is 2. The van der Waals surface area contributed by atoms with E-state index in [1.54, 1.807) is 19.1 Å². The summed E-state index contributed by atoms with van der Waals surface area (Å²) in [5, 5.41) is 0. The van der Waals surface area contributed by atoms with E-state index in [9.17, 15) is 8.42 Å². The zero-order valence-electron chi connectivity index (χ0n) is 9.75. The van der Waals surface area contributed by atoms with Crippen LogP contribution in [0.15, 0.2) is 27.0 Å². The molecule has 0 aromatic carbocycles. The van der Waals surface area contributed by atoms with Gasteiger partial charge in [-0.15, -0.1) is 0 Å². The maximum atomic E-state index is 12.2. The number of hydrogen-bond donors (Lipinski definition) is 0. The Bertz CT molecular complexity index is 648. The molecule has 0 spiro atoms. The fourth-order valence-electron chi connectivity index (χ4n) is 1.39. The summed E-state index contributed by atoms with van der Waals surface area (Å²) in [6, 6.07) is 3.54. The molecule has 2 aromatic heterocycles. The second-order valence-electron chi connectivity index (χ2n) is 3.71. The van der Waals surface area contributed by atoms with Crippen molar-refractivity contribution in [1.82, 2.24) is 9.29 Å². The molecule has 0 N–H and O–H groups in total. The minimum Gasteiger partial charge on any atom is -0.465 e. The molecule has 0 radical (unpaired) electrons. The van der Waals surface area contributed by atoms with Crippen molar-refractivity contribution in [3.05, 3.63) is 34.3 Å². The minimum absolute atomic E-state index is 0.123. The van der Waals surface area contributed by atoms with Crippen LogP contribution in [0.1, 0.15) is 11.5 Å². The van der Waals surface area contributed by atoms with Crippen molar-refractivity contribution < 1.29 is 12.8 Å². The molecule has 0 fully saturated rings. The lowest BCUT2D eigenvalue weighted by atomic mass is 10.4. The predicted octanol–water partition coefficient (Wildman–Crippen LogP) is 2.52. The zero-order valence-corrected chi connectivity index (χ0v) is 12.1. The van der Waals surface area contributed by atoms with E-state index in [0.717, 1.165) is 17.1 Å². The molecule has 0 aliphatic rings. The predicted molar refractivity (Wildman–Crippen MR) is 69.2 cm³/mol. The summed E-state index contributed by atoms with van der Waals surface area (Å²) in [4.78, 5) is 3.73. The Morgan fingerprint density at radius 1 is 1.50 bits per heavy atom. The highest BCUT2D eigenvalue weighted by molar-refractivity contribution is 7.91. The molecule has 2 heterocycles. The van der Waals surface area contributed by atoms with Crippen LogP contribution in [-0.2, 0) is 16.6 Å². The Morgan fingerprint density at radius 2 is 2.22 bits per heavy atom. The first kappa shape index (κ1) is 13.5. The van der Waals surface area contributed by atoms with Crippen molar-refractivity contribution in [2.75, 3.05) is 7.05 Å². The van der Waals surface area contributed by atoms with Crippen LogP contribution >= 0.6 is 22.9 Å². The van der Waals surface area contributed by atoms with Crippen LogP contribution in [0.3, 0.4) is 0 Å². The van der Waals surface area contributed by atoms with Gasteiger partial charge >= 0.3 is 0 Å². The summed E-state index contributed by atoms with van der Waals surface area (Å²) in [6.45, 7) is 1.98. The Hall–Kier alpha value is -0.890. The number of halogens is 1. The molecule has 0 atom stereocenters. The first-order valence-electron chi connectivity index (χ1n) is 5.02. The number of rotatable bonds is 4. The van der Waals surface area contributed by atoms with Gasteiger partial charge in [0.25, 0.3) is 10.0 Å². The number of hydrogen-bond acceptors (Lipinski definition) is 5. The average molecular weight is 307 g/mol. The van der Waals surface area contributed by atoms with Gasteiger partial charge in [0.15, 0.2) is 8.68 Å². The second kappa shape index (κ2) is 5.00. The first-order valence-corrected chi connectivity index (χ1v) is 7.66. The molecule has 2 aromatic rings. The summed E-state index contributed by atoms with van der Waals surface area (Å²) < 4.78 is 31.2. The Morgan fingerprint density at radius 3 is 2.72 bits per heavy atom. The zero-order chi connectivity index (χ0) is 13.3. The summed E-state index contributed by atoms with van der Waals surface area (Å²) in [7, 11) is -2.08. The van der Waals surface area contributed by atoms with Gasteiger partial charge in [0.2, 0.25) is 0 Å². The Labute approximate surface area is 114 Å². The number of furan rings is 1. The monoisotopic (exact) mass is 306 g/mol. The van der Waals surface area contributed by atoms with Crippen molar-refractivity contribution in [3.63, 3.8) is 0 Å². The van der Waals surface area contributed by atoms with Gasteiger partial charge in [-0.25, -0.2) is 13.4 Å². The highest BCUT2D eigenvalue weighted by Gasteiger charge is 2.24. The van der Waals surface area contributed by atoms with Crippen molar-refractivity contribution in [2.24, 2.45) is 0 Å². The molecule has 98 valence electrons. The summed E-state index contributed by atoms with van der Waals surface area (Å²) in [5.74, 6) is 1.34. The van der Waals surface area contributed by atoms with Gasteiger partial charge in [-0.2, -0.15) is 4.31 Å². The fourth-order valence-corrected chi connectivity index (χ4v) is 4.03. The lowest BCUT2D eigenvalue weighted by Crippen LogP contribution is -2.25. The van der Waals surface area contributed by atoms with Crippen LogP contribution in [0.25, 0.3) is 0 Å². The Balaban J connectivity index is 2.20. The molecule has 0 bridgehead atoms. The van der Waals surface area contributed by atoms with Gasteiger partial charge < -0.3 is 4.42 Å². The standard InChI is InChI=1S/C10H11ClN2O3S2/c1-7-3-4-8(16-7)6-13(2)18(14,15)9-5-12-10(11)17-9/h3-5H,6H2,1-2H3. The van der Waals surface area contributed by atoms with Gasteiger partial charge in [-0.05, 0) is 19.1 Å². The molecular weight excluding hydrogens is 296 g/mol. The molecule has 2 rings (SSSR count). The second-order valence-corrected chi connectivity index (χ2v) is 7.59. The molecule has 8 heteroatoms. The molecule has 0 saturated heterocycles. The van der Waals surface area contributed by atoms with E-state index in [2.05, 4.69) is 4.98 Å². The molecule has 0 unspecified atom stereocenters. The summed E-state index contributed by atoms with van der Waals surface area (Å²) in [6.07, 6.45) is 1.26. The third-order valence-electron chi connectivity index (χ3n) is 2.30. The quantitative estimate of drug-likeness (QED) is 0.870. The topological polar surface area (TPSA) is 63.4 Å². The normalized spacial score (nSPS) is 12.2. The molecule has 5 nitrogen and oxygen atoms in total. The number of sulfonamides is 1. The third-order valence-corrected chi connectivity index (χ3v) is 5.65. The van der Waals surface area contributed by atoms with Crippen LogP contribution in [0.4, 0.5) is 0 Å². The van der Waals surface area contributed by atoms with Crippen molar-refractivity contribution in [2.45, 2.75) is 17.7 Å². The number of thiazole rings is 1. The number of aryl methyl sites for hydroxylation is 1. The van der Waals surface area contributed by atoms with E-state index >= 15 is 0 Å². The van der Waals surface area contributed by atoms with Gasteiger partial charge in [-0.1, -0.05) is 22.9 Å². The molecule has 0 saturated carbocycles. The smallest absolute Gasteiger partial charge is 0.254 e. The third kappa shape index (κ3) is 2.74. The van der Waals surface area contributed by atoms with E-state index in [1.807, 2.05) is 0 Å². The molecule has 18 heavy (non-hydrogen) atoms. The average Bonchev–Trinajstić information content (AvgIpc) is 2.88. The minimum atomic E-state index is -3.56. The molecular formula is C10H11ClN2O3S2. The summed E-state index contributed by atoms with van der Waals surface area (Å²) in [5.41, 5.74) is 0. The first-order chi connectivity index (χ1) is 8.39. The maximum Gasteiger partial charge on any atom is 0.254 e. The number of aromatic nitrogens is 1. The lowest BCUT2D eigenvalue weighted by Gasteiger charge is -2.13. The highest BCUT2D eigenvalue weighted by Crippen LogP contribution is 2.25. The Kier molecular flexibility index (Phi) is 3.76. The van der Waals surface area contributed by atoms with E-state index in [1.165, 1.54) is 17.5 Å². The lowest BCUT2D eigenvalue weighted by molar-refractivity contribution is 0.398. The van der Waals surface area contributed by atoms with Crippen LogP contribution in [-0.4, -0.2) is 24.8 Å². The molecule has 0 aliphatic heterocycles. The van der Waals surface area contributed by atoms with Crippen LogP contribution in [0, 0.1) is 6.92 Å². The van der Waals surface area contributed by atoms with Crippen LogP contribution in [0.5, 0.6) is 0 Å². The SMILES string of the molecule is Cc1ccc(CN(C)S(=O)(=O)c2cnc(Cl)s2)o1. The highest BCUT2D eigenvalue weighted by atomic mass is 35.5. The fraction of sp³-hybridized carbons (Fsp3) is 0.300. The van der Waals surface area contributed by atoms with Gasteiger partial charge in [-0.3, -0.25) is 0 Å². The summed E-state index contributed by atoms with van der Waals surface area (Å²) >= 11 is 6.57. The van der Waals surface area contributed by atoms with Crippen LogP contribution in [0.2, 0.25) is 4.47 Å². The molecule has 0 amide bonds. The van der Waals surface area contributed by atoms with Crippen molar-refractivity contribution in [1.29, 1.82) is 0 Å². The maximum absolute atomic E-state index is 12.2. The van der Waals surface area contributed by atoms with Crippen molar-refractivity contribution >= 4 is 33.0 Å². The van der Waals surface area contributed by atoms with Gasteiger partial charge in [0, 0.05) is 7.05 Å².